The van der Waals surface area contributed by atoms with Gasteiger partial charge in [0, 0.05) is 5.38 Å². The number of nitrogens with one attached hydrogen (secondary N) is 1. The summed E-state index contributed by atoms with van der Waals surface area (Å²) in [6.07, 6.45) is -6.57. The molecule has 0 spiro atoms. The smallest absolute Gasteiger partial charge is 0.427 e. The first-order valence-electron chi connectivity index (χ1n) is 4.04. The Morgan fingerprint density at radius 1 is 1.44 bits per heavy atom. The zero-order valence-corrected chi connectivity index (χ0v) is 10.2. The fourth-order valence-corrected chi connectivity index (χ4v) is 3.28. The fraction of sp³-hybridized carbons (Fsp3) is 0.286. The van der Waals surface area contributed by atoms with E-state index in [9.17, 15) is 30.8 Å². The van der Waals surface area contributed by atoms with Crippen molar-refractivity contribution < 1.29 is 35.5 Å². The first kappa shape index (κ1) is 14.7. The van der Waals surface area contributed by atoms with Gasteiger partial charge in [0.1, 0.15) is 9.77 Å². The van der Waals surface area contributed by atoms with Gasteiger partial charge in [-0.3, -0.25) is 0 Å². The summed E-state index contributed by atoms with van der Waals surface area (Å²) in [6, 6.07) is 0. The van der Waals surface area contributed by atoms with Crippen molar-refractivity contribution in [1.82, 2.24) is 4.72 Å². The van der Waals surface area contributed by atoms with Crippen molar-refractivity contribution in [3.8, 4) is 0 Å². The number of sulfonamides is 1. The van der Waals surface area contributed by atoms with Crippen LogP contribution in [0, 0.1) is 5.82 Å². The Morgan fingerprint density at radius 2 is 2.00 bits per heavy atom. The van der Waals surface area contributed by atoms with Crippen LogP contribution in [0.2, 0.25) is 0 Å². The van der Waals surface area contributed by atoms with Crippen molar-refractivity contribution >= 4 is 27.5 Å². The lowest BCUT2D eigenvalue weighted by molar-refractivity contribution is -0.136. The standard InChI is InChI=1S/C7H5F4NO4S2/c1-16-6(13)12-18(14,15)4-3(8)2-17-5(4)7(9,10)11/h2H,1H3,(H,12,13). The summed E-state index contributed by atoms with van der Waals surface area (Å²) in [5, 5.41) is 0.384. The maximum Gasteiger partial charge on any atom is 0.427 e. The number of ether oxygens (including phenoxy) is 1. The minimum absolute atomic E-state index is 0.127. The van der Waals surface area contributed by atoms with Gasteiger partial charge in [0.15, 0.2) is 5.82 Å². The summed E-state index contributed by atoms with van der Waals surface area (Å²) in [6.45, 7) is 0. The van der Waals surface area contributed by atoms with Crippen molar-refractivity contribution in [1.29, 1.82) is 0 Å². The van der Waals surface area contributed by atoms with Crippen molar-refractivity contribution in [2.45, 2.75) is 11.1 Å². The van der Waals surface area contributed by atoms with Gasteiger partial charge in [-0.1, -0.05) is 0 Å². The van der Waals surface area contributed by atoms with Crippen LogP contribution in [0.1, 0.15) is 4.88 Å². The molecular weight excluding hydrogens is 302 g/mol. The van der Waals surface area contributed by atoms with Gasteiger partial charge in [-0.2, -0.15) is 13.2 Å². The minimum atomic E-state index is -5.05. The Morgan fingerprint density at radius 3 is 2.44 bits per heavy atom. The molecule has 0 atom stereocenters. The predicted octanol–water partition coefficient (Wildman–Crippen LogP) is 1.95. The van der Waals surface area contributed by atoms with Crippen LogP contribution >= 0.6 is 11.3 Å². The quantitative estimate of drug-likeness (QED) is 0.848. The first-order chi connectivity index (χ1) is 8.09. The van der Waals surface area contributed by atoms with Crippen molar-refractivity contribution in [3.63, 3.8) is 0 Å². The zero-order chi connectivity index (χ0) is 14.1. The summed E-state index contributed by atoms with van der Waals surface area (Å²) >= 11 is -0.127. The van der Waals surface area contributed by atoms with Gasteiger partial charge in [0.25, 0.3) is 10.0 Å². The maximum atomic E-state index is 13.1. The van der Waals surface area contributed by atoms with Crippen LogP contribution in [0.4, 0.5) is 22.4 Å². The van der Waals surface area contributed by atoms with Gasteiger partial charge in [0.2, 0.25) is 0 Å². The lowest BCUT2D eigenvalue weighted by Gasteiger charge is -2.09. The Bertz CT molecular complexity index is 562. The topological polar surface area (TPSA) is 72.5 Å². The van der Waals surface area contributed by atoms with Crippen LogP contribution in [0.25, 0.3) is 0 Å². The van der Waals surface area contributed by atoms with Crippen LogP contribution in [-0.4, -0.2) is 21.6 Å². The van der Waals surface area contributed by atoms with E-state index in [0.717, 1.165) is 11.8 Å². The van der Waals surface area contributed by atoms with E-state index in [2.05, 4.69) is 4.74 Å². The van der Waals surface area contributed by atoms with Gasteiger partial charge in [0.05, 0.1) is 7.11 Å². The second kappa shape index (κ2) is 4.72. The summed E-state index contributed by atoms with van der Waals surface area (Å²) in [4.78, 5) is 7.41. The van der Waals surface area contributed by atoms with Gasteiger partial charge < -0.3 is 4.74 Å². The molecule has 1 heterocycles. The van der Waals surface area contributed by atoms with Crippen LogP contribution in [0.15, 0.2) is 10.3 Å². The van der Waals surface area contributed by atoms with Crippen LogP contribution in [0.5, 0.6) is 0 Å². The second-order valence-corrected chi connectivity index (χ2v) is 5.34. The molecule has 0 fully saturated rings. The number of alkyl halides is 3. The fourth-order valence-electron chi connectivity index (χ4n) is 0.975. The lowest BCUT2D eigenvalue weighted by Crippen LogP contribution is -2.31. The number of hydrogen-bond donors (Lipinski definition) is 1. The van der Waals surface area contributed by atoms with Gasteiger partial charge in [-0.05, 0) is 0 Å². The molecule has 0 saturated heterocycles. The Labute approximate surface area is 102 Å². The Kier molecular flexibility index (Phi) is 3.86. The highest BCUT2D eigenvalue weighted by Crippen LogP contribution is 2.39. The molecule has 1 amide bonds. The molecule has 0 unspecified atom stereocenters. The molecule has 1 rings (SSSR count). The van der Waals surface area contributed by atoms with E-state index in [1.165, 1.54) is 0 Å². The van der Waals surface area contributed by atoms with E-state index in [0.29, 0.717) is 5.38 Å². The lowest BCUT2D eigenvalue weighted by atomic mass is 10.4. The average Bonchev–Trinajstić information content (AvgIpc) is 2.59. The number of carbonyl (C=O) groups excluding carboxylic acids is 1. The highest BCUT2D eigenvalue weighted by atomic mass is 32.2. The molecule has 102 valence electrons. The number of rotatable bonds is 2. The average molecular weight is 307 g/mol. The molecule has 0 bridgehead atoms. The summed E-state index contributed by atoms with van der Waals surface area (Å²) in [5.74, 6) is -1.59. The molecule has 0 aliphatic heterocycles. The molecule has 0 radical (unpaired) electrons. The third-order valence-electron chi connectivity index (χ3n) is 1.63. The van der Waals surface area contributed by atoms with E-state index >= 15 is 0 Å². The number of carbonyl (C=O) groups is 1. The molecule has 11 heteroatoms. The van der Waals surface area contributed by atoms with Crippen molar-refractivity contribution in [2.75, 3.05) is 7.11 Å². The SMILES string of the molecule is COC(=O)NS(=O)(=O)c1c(F)csc1C(F)(F)F. The van der Waals surface area contributed by atoms with Crippen LogP contribution in [-0.2, 0) is 20.9 Å². The predicted molar refractivity (Wildman–Crippen MR) is 52.0 cm³/mol. The highest BCUT2D eigenvalue weighted by molar-refractivity contribution is 7.90. The number of hydrogen-bond acceptors (Lipinski definition) is 5. The molecule has 1 N–H and O–H groups in total. The van der Waals surface area contributed by atoms with E-state index in [1.54, 1.807) is 0 Å². The second-order valence-electron chi connectivity index (χ2n) is 2.84. The summed E-state index contributed by atoms with van der Waals surface area (Å²) in [5.41, 5.74) is 0. The number of halogens is 4. The maximum absolute atomic E-state index is 13.1. The largest absolute Gasteiger partial charge is 0.452 e. The van der Waals surface area contributed by atoms with E-state index in [-0.39, 0.29) is 11.3 Å². The van der Waals surface area contributed by atoms with Crippen molar-refractivity contribution in [3.05, 3.63) is 16.1 Å². The summed E-state index contributed by atoms with van der Waals surface area (Å²) in [7, 11) is -4.18. The molecule has 0 saturated carbocycles. The van der Waals surface area contributed by atoms with Gasteiger partial charge in [-0.15, -0.1) is 11.3 Å². The summed E-state index contributed by atoms with van der Waals surface area (Å²) < 4.78 is 78.3. The molecule has 0 aromatic carbocycles. The van der Waals surface area contributed by atoms with Gasteiger partial charge in [-0.25, -0.2) is 22.3 Å². The van der Waals surface area contributed by atoms with E-state index < -0.39 is 37.9 Å². The molecule has 5 nitrogen and oxygen atoms in total. The van der Waals surface area contributed by atoms with E-state index in [1.807, 2.05) is 0 Å². The first-order valence-corrected chi connectivity index (χ1v) is 6.41. The Balaban J connectivity index is 3.33. The highest BCUT2D eigenvalue weighted by Gasteiger charge is 2.42. The van der Waals surface area contributed by atoms with Crippen LogP contribution in [0.3, 0.4) is 0 Å². The molecule has 1 aromatic rings. The molecule has 1 aromatic heterocycles. The number of thiophene rings is 1. The van der Waals surface area contributed by atoms with E-state index in [4.69, 9.17) is 0 Å². The third-order valence-corrected chi connectivity index (χ3v) is 4.13. The number of methoxy groups -OCH3 is 1. The van der Waals surface area contributed by atoms with Gasteiger partial charge >= 0.3 is 12.3 Å². The zero-order valence-electron chi connectivity index (χ0n) is 8.54. The van der Waals surface area contributed by atoms with Crippen LogP contribution < -0.4 is 4.72 Å². The minimum Gasteiger partial charge on any atom is -0.452 e. The Hall–Kier alpha value is -1.36. The van der Waals surface area contributed by atoms with Crippen molar-refractivity contribution in [2.24, 2.45) is 0 Å². The molecular formula is C7H5F4NO4S2. The molecule has 0 aliphatic carbocycles. The number of amides is 1. The third kappa shape index (κ3) is 2.90. The molecule has 0 aliphatic rings. The normalized spacial score (nSPS) is 12.3. The monoisotopic (exact) mass is 307 g/mol. The molecule has 18 heavy (non-hydrogen) atoms.